The molecular formula is C17H23N3O3. The van der Waals surface area contributed by atoms with Gasteiger partial charge in [-0.05, 0) is 25.5 Å². The van der Waals surface area contributed by atoms with Crippen LogP contribution in [0.3, 0.4) is 0 Å². The first-order valence-corrected chi connectivity index (χ1v) is 7.88. The third-order valence-electron chi connectivity index (χ3n) is 3.49. The van der Waals surface area contributed by atoms with Gasteiger partial charge in [-0.2, -0.15) is 4.98 Å². The molecule has 6 heteroatoms. The molecule has 0 radical (unpaired) electrons. The van der Waals surface area contributed by atoms with Crippen LogP contribution >= 0.6 is 0 Å². The number of rotatable bonds is 8. The number of hydrogen-bond donors (Lipinski definition) is 1. The second-order valence-electron chi connectivity index (χ2n) is 5.50. The van der Waals surface area contributed by atoms with Crippen molar-refractivity contribution in [1.82, 2.24) is 15.5 Å². The van der Waals surface area contributed by atoms with Gasteiger partial charge >= 0.3 is 0 Å². The largest absolute Gasteiger partial charge is 0.497 e. The van der Waals surface area contributed by atoms with E-state index in [2.05, 4.69) is 22.4 Å². The molecule has 0 bridgehead atoms. The SMILES string of the molecule is CCCC(C)NC(=O)CCc1nc(-c2cccc(OC)c2)no1. The van der Waals surface area contributed by atoms with Crippen LogP contribution < -0.4 is 10.1 Å². The zero-order valence-electron chi connectivity index (χ0n) is 13.8. The first kappa shape index (κ1) is 17.0. The first-order valence-electron chi connectivity index (χ1n) is 7.88. The number of nitrogens with one attached hydrogen (secondary N) is 1. The van der Waals surface area contributed by atoms with Gasteiger partial charge in [0.25, 0.3) is 0 Å². The normalized spacial score (nSPS) is 12.0. The van der Waals surface area contributed by atoms with E-state index in [4.69, 9.17) is 9.26 Å². The Morgan fingerprint density at radius 3 is 3.00 bits per heavy atom. The monoisotopic (exact) mass is 317 g/mol. The van der Waals surface area contributed by atoms with Crippen molar-refractivity contribution in [1.29, 1.82) is 0 Å². The van der Waals surface area contributed by atoms with Gasteiger partial charge in [0, 0.05) is 24.4 Å². The Labute approximate surface area is 136 Å². The topological polar surface area (TPSA) is 77.2 Å². The average Bonchev–Trinajstić information content (AvgIpc) is 3.02. The second kappa shape index (κ2) is 8.31. The molecule has 124 valence electrons. The van der Waals surface area contributed by atoms with Gasteiger partial charge in [-0.3, -0.25) is 4.79 Å². The molecule has 1 amide bonds. The van der Waals surface area contributed by atoms with Gasteiger partial charge in [0.05, 0.1) is 7.11 Å². The molecule has 0 saturated heterocycles. The first-order chi connectivity index (χ1) is 11.1. The highest BCUT2D eigenvalue weighted by atomic mass is 16.5. The Morgan fingerprint density at radius 1 is 1.43 bits per heavy atom. The third kappa shape index (κ3) is 5.09. The third-order valence-corrected chi connectivity index (χ3v) is 3.49. The lowest BCUT2D eigenvalue weighted by atomic mass is 10.2. The van der Waals surface area contributed by atoms with Crippen LogP contribution in [0.4, 0.5) is 0 Å². The van der Waals surface area contributed by atoms with Crippen molar-refractivity contribution in [3.8, 4) is 17.1 Å². The number of hydrogen-bond acceptors (Lipinski definition) is 5. The standard InChI is InChI=1S/C17H23N3O3/c1-4-6-12(2)18-15(21)9-10-16-19-17(20-23-16)13-7-5-8-14(11-13)22-3/h5,7-8,11-12H,4,6,9-10H2,1-3H3,(H,18,21). The molecule has 1 aromatic carbocycles. The van der Waals surface area contributed by atoms with E-state index in [0.29, 0.717) is 24.6 Å². The average molecular weight is 317 g/mol. The van der Waals surface area contributed by atoms with Gasteiger partial charge in [-0.25, -0.2) is 0 Å². The summed E-state index contributed by atoms with van der Waals surface area (Å²) in [6, 6.07) is 7.64. The predicted molar refractivity (Wildman–Crippen MR) is 87.1 cm³/mol. The van der Waals surface area contributed by atoms with Crippen LogP contribution in [0, 0.1) is 0 Å². The number of benzene rings is 1. The molecule has 0 fully saturated rings. The number of carbonyl (C=O) groups excluding carboxylic acids is 1. The van der Waals surface area contributed by atoms with Gasteiger partial charge in [-0.1, -0.05) is 30.6 Å². The van der Waals surface area contributed by atoms with Gasteiger partial charge in [-0.15, -0.1) is 0 Å². The Kier molecular flexibility index (Phi) is 6.14. The highest BCUT2D eigenvalue weighted by Crippen LogP contribution is 2.21. The molecule has 0 aliphatic heterocycles. The summed E-state index contributed by atoms with van der Waals surface area (Å²) in [5, 5.41) is 6.92. The molecule has 0 saturated carbocycles. The van der Waals surface area contributed by atoms with E-state index in [1.165, 1.54) is 0 Å². The van der Waals surface area contributed by atoms with Crippen molar-refractivity contribution >= 4 is 5.91 Å². The number of carbonyl (C=O) groups is 1. The van der Waals surface area contributed by atoms with E-state index < -0.39 is 0 Å². The quantitative estimate of drug-likeness (QED) is 0.810. The molecule has 1 atom stereocenters. The lowest BCUT2D eigenvalue weighted by molar-refractivity contribution is -0.121. The minimum absolute atomic E-state index is 0.00656. The molecule has 6 nitrogen and oxygen atoms in total. The number of ether oxygens (including phenoxy) is 1. The second-order valence-corrected chi connectivity index (χ2v) is 5.50. The van der Waals surface area contributed by atoms with Crippen molar-refractivity contribution in [2.75, 3.05) is 7.11 Å². The Morgan fingerprint density at radius 2 is 2.26 bits per heavy atom. The smallest absolute Gasteiger partial charge is 0.227 e. The van der Waals surface area contributed by atoms with Crippen molar-refractivity contribution in [3.05, 3.63) is 30.2 Å². The van der Waals surface area contributed by atoms with Gasteiger partial charge in [0.15, 0.2) is 0 Å². The van der Waals surface area contributed by atoms with Gasteiger partial charge < -0.3 is 14.6 Å². The molecular weight excluding hydrogens is 294 g/mol. The predicted octanol–water partition coefficient (Wildman–Crippen LogP) is 2.98. The fourth-order valence-electron chi connectivity index (χ4n) is 2.31. The van der Waals surface area contributed by atoms with E-state index in [-0.39, 0.29) is 11.9 Å². The number of amides is 1. The molecule has 0 aliphatic carbocycles. The van der Waals surface area contributed by atoms with E-state index in [0.717, 1.165) is 24.2 Å². The highest BCUT2D eigenvalue weighted by Gasteiger charge is 2.12. The Bertz CT molecular complexity index is 640. The lowest BCUT2D eigenvalue weighted by Crippen LogP contribution is -2.32. The van der Waals surface area contributed by atoms with Gasteiger partial charge in [0.1, 0.15) is 5.75 Å². The summed E-state index contributed by atoms with van der Waals surface area (Å²) in [4.78, 5) is 16.2. The van der Waals surface area contributed by atoms with E-state index in [1.54, 1.807) is 7.11 Å². The molecule has 1 heterocycles. The maximum atomic E-state index is 11.8. The minimum atomic E-state index is 0.00656. The van der Waals surface area contributed by atoms with Crippen LogP contribution in [0.15, 0.2) is 28.8 Å². The zero-order valence-corrected chi connectivity index (χ0v) is 13.8. The number of aromatic nitrogens is 2. The lowest BCUT2D eigenvalue weighted by Gasteiger charge is -2.11. The van der Waals surface area contributed by atoms with Crippen LogP contribution in [-0.2, 0) is 11.2 Å². The molecule has 23 heavy (non-hydrogen) atoms. The summed E-state index contributed by atoms with van der Waals surface area (Å²) in [5.41, 5.74) is 0.820. The molecule has 1 aromatic heterocycles. The van der Waals surface area contributed by atoms with E-state index >= 15 is 0 Å². The summed E-state index contributed by atoms with van der Waals surface area (Å²) in [6.45, 7) is 4.11. The molecule has 0 aliphatic rings. The minimum Gasteiger partial charge on any atom is -0.497 e. The van der Waals surface area contributed by atoms with Crippen LogP contribution in [0.1, 0.15) is 39.0 Å². The van der Waals surface area contributed by atoms with Crippen molar-refractivity contribution in [2.24, 2.45) is 0 Å². The highest BCUT2D eigenvalue weighted by molar-refractivity contribution is 5.76. The summed E-state index contributed by atoms with van der Waals surface area (Å²) in [6.07, 6.45) is 2.80. The molecule has 0 spiro atoms. The molecule has 1 N–H and O–H groups in total. The van der Waals surface area contributed by atoms with Crippen molar-refractivity contribution in [3.63, 3.8) is 0 Å². The Hall–Kier alpha value is -2.37. The number of nitrogens with zero attached hydrogens (tertiary/aromatic N) is 2. The Balaban J connectivity index is 1.91. The maximum Gasteiger partial charge on any atom is 0.227 e. The van der Waals surface area contributed by atoms with Gasteiger partial charge in [0.2, 0.25) is 17.6 Å². The van der Waals surface area contributed by atoms with Crippen LogP contribution in [-0.4, -0.2) is 29.2 Å². The fourth-order valence-corrected chi connectivity index (χ4v) is 2.31. The van der Waals surface area contributed by atoms with Crippen molar-refractivity contribution < 1.29 is 14.1 Å². The summed E-state index contributed by atoms with van der Waals surface area (Å²) < 4.78 is 10.4. The fraction of sp³-hybridized carbons (Fsp3) is 0.471. The van der Waals surface area contributed by atoms with E-state index in [9.17, 15) is 4.79 Å². The zero-order chi connectivity index (χ0) is 16.7. The molecule has 1 unspecified atom stereocenters. The van der Waals surface area contributed by atoms with E-state index in [1.807, 2.05) is 31.2 Å². The van der Waals surface area contributed by atoms with Crippen LogP contribution in [0.25, 0.3) is 11.4 Å². The van der Waals surface area contributed by atoms with Crippen LogP contribution in [0.5, 0.6) is 5.75 Å². The molecule has 2 rings (SSSR count). The summed E-state index contributed by atoms with van der Waals surface area (Å²) in [7, 11) is 1.61. The number of aryl methyl sites for hydroxylation is 1. The number of methoxy groups -OCH3 is 1. The molecule has 2 aromatic rings. The maximum absolute atomic E-state index is 11.8. The van der Waals surface area contributed by atoms with Crippen LogP contribution in [0.2, 0.25) is 0 Å². The van der Waals surface area contributed by atoms with Crippen molar-refractivity contribution in [2.45, 2.75) is 45.6 Å². The summed E-state index contributed by atoms with van der Waals surface area (Å²) in [5.74, 6) is 1.70. The summed E-state index contributed by atoms with van der Waals surface area (Å²) >= 11 is 0.